The van der Waals surface area contributed by atoms with Gasteiger partial charge in [-0.3, -0.25) is 0 Å². The van der Waals surface area contributed by atoms with Crippen LogP contribution in [0, 0.1) is 18.3 Å². The molecule has 1 atom stereocenters. The van der Waals surface area contributed by atoms with Crippen molar-refractivity contribution in [1.29, 1.82) is 5.26 Å². The Morgan fingerprint density at radius 1 is 1.47 bits per heavy atom. The fraction of sp³-hybridized carbons (Fsp3) is 0.417. The van der Waals surface area contributed by atoms with Crippen LogP contribution < -0.4 is 9.64 Å². The monoisotopic (exact) mass is 204 g/mol. The molecule has 15 heavy (non-hydrogen) atoms. The van der Waals surface area contributed by atoms with E-state index in [0.29, 0.717) is 0 Å². The predicted octanol–water partition coefficient (Wildman–Crippen LogP) is 2.35. The molecule has 3 nitrogen and oxygen atoms in total. The van der Waals surface area contributed by atoms with Gasteiger partial charge >= 0.3 is 0 Å². The molecule has 0 saturated carbocycles. The lowest BCUT2D eigenvalue weighted by Crippen LogP contribution is -2.27. The van der Waals surface area contributed by atoms with E-state index < -0.39 is 0 Å². The summed E-state index contributed by atoms with van der Waals surface area (Å²) in [6.07, 6.45) is 0. The number of nitriles is 1. The van der Waals surface area contributed by atoms with Gasteiger partial charge in [0.15, 0.2) is 0 Å². The average Bonchev–Trinajstić information content (AvgIpc) is 2.27. The van der Waals surface area contributed by atoms with Crippen LogP contribution in [-0.4, -0.2) is 20.2 Å². The molecule has 0 bridgehead atoms. The smallest absolute Gasteiger partial charge is 0.142 e. The van der Waals surface area contributed by atoms with Crippen molar-refractivity contribution >= 4 is 5.69 Å². The maximum Gasteiger partial charge on any atom is 0.142 e. The van der Waals surface area contributed by atoms with Gasteiger partial charge in [0.1, 0.15) is 11.8 Å². The van der Waals surface area contributed by atoms with Crippen molar-refractivity contribution < 1.29 is 4.74 Å². The molecule has 80 valence electrons. The molecule has 1 rings (SSSR count). The first-order valence-electron chi connectivity index (χ1n) is 4.87. The van der Waals surface area contributed by atoms with E-state index in [1.165, 1.54) is 0 Å². The van der Waals surface area contributed by atoms with Crippen LogP contribution in [0.2, 0.25) is 0 Å². The first kappa shape index (κ1) is 11.4. The normalized spacial score (nSPS) is 11.7. The minimum atomic E-state index is -0.166. The summed E-state index contributed by atoms with van der Waals surface area (Å²) in [6.45, 7) is 3.88. The van der Waals surface area contributed by atoms with Gasteiger partial charge in [-0.25, -0.2) is 0 Å². The number of hydrogen-bond donors (Lipinski definition) is 0. The molecule has 0 N–H and O–H groups in total. The van der Waals surface area contributed by atoms with E-state index >= 15 is 0 Å². The Bertz CT molecular complexity index is 382. The molecule has 0 aromatic heterocycles. The second-order valence-corrected chi connectivity index (χ2v) is 3.59. The van der Waals surface area contributed by atoms with Crippen LogP contribution in [-0.2, 0) is 0 Å². The number of anilines is 1. The summed E-state index contributed by atoms with van der Waals surface area (Å²) in [5, 5.41) is 8.87. The molecule has 3 heteroatoms. The first-order valence-corrected chi connectivity index (χ1v) is 4.87. The second kappa shape index (κ2) is 4.70. The highest BCUT2D eigenvalue weighted by atomic mass is 16.5. The largest absolute Gasteiger partial charge is 0.495 e. The third kappa shape index (κ3) is 2.41. The van der Waals surface area contributed by atoms with Crippen molar-refractivity contribution in [3.05, 3.63) is 23.8 Å². The number of benzene rings is 1. The Kier molecular flexibility index (Phi) is 3.56. The van der Waals surface area contributed by atoms with Gasteiger partial charge in [0.2, 0.25) is 0 Å². The second-order valence-electron chi connectivity index (χ2n) is 3.59. The molecule has 1 aromatic rings. The van der Waals surface area contributed by atoms with Gasteiger partial charge < -0.3 is 9.64 Å². The Morgan fingerprint density at radius 2 is 2.13 bits per heavy atom. The number of nitrogens with zero attached hydrogens (tertiary/aromatic N) is 2. The Morgan fingerprint density at radius 3 is 2.67 bits per heavy atom. The van der Waals surface area contributed by atoms with Crippen molar-refractivity contribution in [3.8, 4) is 11.8 Å². The lowest BCUT2D eigenvalue weighted by molar-refractivity contribution is 0.414. The third-order valence-corrected chi connectivity index (χ3v) is 2.48. The zero-order chi connectivity index (χ0) is 11.4. The minimum absolute atomic E-state index is 0.166. The van der Waals surface area contributed by atoms with Crippen molar-refractivity contribution in [2.75, 3.05) is 19.1 Å². The van der Waals surface area contributed by atoms with Crippen molar-refractivity contribution in [1.82, 2.24) is 0 Å². The van der Waals surface area contributed by atoms with E-state index in [1.54, 1.807) is 7.11 Å². The highest BCUT2D eigenvalue weighted by Gasteiger charge is 2.13. The van der Waals surface area contributed by atoms with E-state index in [1.807, 2.05) is 44.0 Å². The number of rotatable bonds is 3. The molecular weight excluding hydrogens is 188 g/mol. The summed E-state index contributed by atoms with van der Waals surface area (Å²) >= 11 is 0. The molecule has 0 aliphatic heterocycles. The minimum Gasteiger partial charge on any atom is -0.495 e. The van der Waals surface area contributed by atoms with Gasteiger partial charge in [-0.2, -0.15) is 5.26 Å². The van der Waals surface area contributed by atoms with E-state index in [-0.39, 0.29) is 6.04 Å². The summed E-state index contributed by atoms with van der Waals surface area (Å²) in [5.41, 5.74) is 2.11. The number of methoxy groups -OCH3 is 1. The average molecular weight is 204 g/mol. The zero-order valence-electron chi connectivity index (χ0n) is 9.61. The van der Waals surface area contributed by atoms with Crippen LogP contribution in [0.25, 0.3) is 0 Å². The van der Waals surface area contributed by atoms with Gasteiger partial charge in [0, 0.05) is 7.05 Å². The number of hydrogen-bond acceptors (Lipinski definition) is 3. The molecule has 0 heterocycles. The first-order chi connectivity index (χ1) is 7.10. The van der Waals surface area contributed by atoms with Crippen LogP contribution in [0.1, 0.15) is 12.5 Å². The Balaban J connectivity index is 3.12. The molecule has 0 aliphatic rings. The van der Waals surface area contributed by atoms with E-state index in [2.05, 4.69) is 6.07 Å². The molecule has 0 aliphatic carbocycles. The molecular formula is C12H16N2O. The topological polar surface area (TPSA) is 36.3 Å². The highest BCUT2D eigenvalue weighted by Crippen LogP contribution is 2.29. The molecule has 0 radical (unpaired) electrons. The van der Waals surface area contributed by atoms with Crippen LogP contribution in [0.3, 0.4) is 0 Å². The molecule has 0 saturated heterocycles. The van der Waals surface area contributed by atoms with Gasteiger partial charge in [-0.05, 0) is 31.5 Å². The fourth-order valence-electron chi connectivity index (χ4n) is 1.37. The fourth-order valence-corrected chi connectivity index (χ4v) is 1.37. The van der Waals surface area contributed by atoms with Crippen LogP contribution >= 0.6 is 0 Å². The van der Waals surface area contributed by atoms with Crippen LogP contribution in [0.4, 0.5) is 5.69 Å². The van der Waals surface area contributed by atoms with Crippen molar-refractivity contribution in [2.24, 2.45) is 0 Å². The van der Waals surface area contributed by atoms with Crippen LogP contribution in [0.5, 0.6) is 5.75 Å². The predicted molar refractivity (Wildman–Crippen MR) is 61.2 cm³/mol. The quantitative estimate of drug-likeness (QED) is 0.758. The standard InChI is InChI=1S/C12H16N2O/c1-9-5-6-12(15-4)11(7-9)14(3)10(2)8-13/h5-7,10H,1-4H3. The molecule has 0 fully saturated rings. The van der Waals surface area contributed by atoms with Gasteiger partial charge in [-0.1, -0.05) is 6.07 Å². The van der Waals surface area contributed by atoms with Gasteiger partial charge in [0.25, 0.3) is 0 Å². The molecule has 1 unspecified atom stereocenters. The summed E-state index contributed by atoms with van der Waals surface area (Å²) in [5.74, 6) is 0.796. The molecule has 0 spiro atoms. The van der Waals surface area contributed by atoms with E-state index in [9.17, 15) is 0 Å². The van der Waals surface area contributed by atoms with E-state index in [0.717, 1.165) is 17.0 Å². The Hall–Kier alpha value is -1.69. The zero-order valence-corrected chi connectivity index (χ0v) is 9.61. The van der Waals surface area contributed by atoms with Gasteiger partial charge in [-0.15, -0.1) is 0 Å². The third-order valence-electron chi connectivity index (χ3n) is 2.48. The van der Waals surface area contributed by atoms with E-state index in [4.69, 9.17) is 10.00 Å². The van der Waals surface area contributed by atoms with Gasteiger partial charge in [0.05, 0.1) is 18.9 Å². The maximum absolute atomic E-state index is 8.87. The summed E-state index contributed by atoms with van der Waals surface area (Å²) in [7, 11) is 3.53. The lowest BCUT2D eigenvalue weighted by atomic mass is 10.1. The molecule has 1 aromatic carbocycles. The number of aryl methyl sites for hydroxylation is 1. The number of ether oxygens (including phenoxy) is 1. The SMILES string of the molecule is COc1ccc(C)cc1N(C)C(C)C#N. The highest BCUT2D eigenvalue weighted by molar-refractivity contribution is 5.60. The summed E-state index contributed by atoms with van der Waals surface area (Å²) < 4.78 is 5.27. The van der Waals surface area contributed by atoms with Crippen molar-refractivity contribution in [2.45, 2.75) is 19.9 Å². The summed E-state index contributed by atoms with van der Waals surface area (Å²) in [6, 6.07) is 7.97. The van der Waals surface area contributed by atoms with Crippen LogP contribution in [0.15, 0.2) is 18.2 Å². The lowest BCUT2D eigenvalue weighted by Gasteiger charge is -2.24. The summed E-state index contributed by atoms with van der Waals surface area (Å²) in [4.78, 5) is 1.91. The maximum atomic E-state index is 8.87. The molecule has 0 amide bonds. The Labute approximate surface area is 90.9 Å². The van der Waals surface area contributed by atoms with Crippen molar-refractivity contribution in [3.63, 3.8) is 0 Å².